The van der Waals surface area contributed by atoms with Crippen LogP contribution in [0.5, 0.6) is 0 Å². The van der Waals surface area contributed by atoms with Crippen LogP contribution in [0, 0.1) is 50.2 Å². The molecule has 0 saturated heterocycles. The molecule has 0 bridgehead atoms. The van der Waals surface area contributed by atoms with Crippen LogP contribution in [0.25, 0.3) is 0 Å². The molecule has 0 radical (unpaired) electrons. The molecule has 0 fully saturated rings. The lowest BCUT2D eigenvalue weighted by Crippen LogP contribution is -2.42. The molecule has 4 aromatic carbocycles. The van der Waals surface area contributed by atoms with Crippen molar-refractivity contribution in [3.63, 3.8) is 0 Å². The quantitative estimate of drug-likeness (QED) is 0.142. The molecule has 0 heterocycles. The van der Waals surface area contributed by atoms with E-state index in [-0.39, 0.29) is 47.4 Å². The molecule has 4 aromatic rings. The Labute approximate surface area is 332 Å². The van der Waals surface area contributed by atoms with E-state index >= 15 is 0 Å². The van der Waals surface area contributed by atoms with Crippen molar-refractivity contribution in [2.45, 2.75) is 126 Å². The number of rotatable bonds is 11. The lowest BCUT2D eigenvalue weighted by molar-refractivity contribution is -0.122. The molecule has 0 spiro atoms. The van der Waals surface area contributed by atoms with Crippen molar-refractivity contribution in [3.05, 3.63) is 117 Å². The molecule has 0 aromatic heterocycles. The molecule has 3 N–H and O–H groups in total. The van der Waals surface area contributed by atoms with Crippen LogP contribution in [0.1, 0.15) is 130 Å². The van der Waals surface area contributed by atoms with E-state index in [0.717, 1.165) is 83.5 Å². The first-order valence-corrected chi connectivity index (χ1v) is 20.3. The SMILES string of the molecule is Cc1cc2c(c(C)c1NC(=O)CC(C)(C)CN(C(=O)CC(C)(C)C)c1c(C)cc3c(c1C)CCCC3Nc1ccc(F)cc1)CCCC2Nc1ccc(F)cc1. The lowest BCUT2D eigenvalue weighted by atomic mass is 9.81. The highest BCUT2D eigenvalue weighted by atomic mass is 19.1. The Morgan fingerprint density at radius 1 is 0.696 bits per heavy atom. The molecule has 2 unspecified atom stereocenters. The van der Waals surface area contributed by atoms with Crippen molar-refractivity contribution in [1.82, 2.24) is 0 Å². The smallest absolute Gasteiger partial charge is 0.227 e. The fourth-order valence-electron chi connectivity index (χ4n) is 9.01. The second-order valence-corrected chi connectivity index (χ2v) is 18.3. The molecule has 0 saturated carbocycles. The number of aryl methyl sites for hydroxylation is 2. The topological polar surface area (TPSA) is 73.5 Å². The van der Waals surface area contributed by atoms with E-state index in [1.165, 1.54) is 46.5 Å². The van der Waals surface area contributed by atoms with Gasteiger partial charge in [-0.15, -0.1) is 0 Å². The zero-order valence-electron chi connectivity index (χ0n) is 34.8. The van der Waals surface area contributed by atoms with Gasteiger partial charge in [0.1, 0.15) is 11.6 Å². The Kier molecular flexibility index (Phi) is 12.0. The number of nitrogens with zero attached hydrogens (tertiary/aromatic N) is 1. The standard InChI is InChI=1S/C48H60F2N4O2/c1-29-24-39-37(12-10-14-41(39)51-35-20-16-33(49)17-21-35)31(3)45(29)53-43(55)26-48(8,9)28-54(44(56)27-47(5,6)7)46-30(2)25-40-38(32(46)4)13-11-15-42(40)52-36-22-18-34(50)19-23-36/h16-25,41-42,51-52H,10-15,26-28H2,1-9H3,(H,53,55). The molecule has 8 heteroatoms. The van der Waals surface area contributed by atoms with Gasteiger partial charge in [-0.2, -0.15) is 0 Å². The third-order valence-corrected chi connectivity index (χ3v) is 11.5. The molecule has 2 amide bonds. The van der Waals surface area contributed by atoms with Gasteiger partial charge in [0.15, 0.2) is 0 Å². The summed E-state index contributed by atoms with van der Waals surface area (Å²) in [5, 5.41) is 10.5. The number of anilines is 4. The monoisotopic (exact) mass is 762 g/mol. The summed E-state index contributed by atoms with van der Waals surface area (Å²) in [6.07, 6.45) is 6.44. The van der Waals surface area contributed by atoms with Gasteiger partial charge in [-0.1, -0.05) is 46.8 Å². The average molecular weight is 763 g/mol. The Bertz CT molecular complexity index is 2080. The Morgan fingerprint density at radius 2 is 1.18 bits per heavy atom. The third kappa shape index (κ3) is 9.45. The van der Waals surface area contributed by atoms with Gasteiger partial charge in [0, 0.05) is 42.1 Å². The fourth-order valence-corrected chi connectivity index (χ4v) is 9.01. The molecular formula is C48H60F2N4O2. The summed E-state index contributed by atoms with van der Waals surface area (Å²) in [5.74, 6) is -0.532. The van der Waals surface area contributed by atoms with Gasteiger partial charge in [-0.05, 0) is 170 Å². The highest BCUT2D eigenvalue weighted by molar-refractivity contribution is 5.97. The van der Waals surface area contributed by atoms with E-state index in [0.29, 0.717) is 13.0 Å². The number of carbonyl (C=O) groups is 2. The van der Waals surface area contributed by atoms with E-state index in [4.69, 9.17) is 0 Å². The molecule has 2 atom stereocenters. The molecule has 56 heavy (non-hydrogen) atoms. The van der Waals surface area contributed by atoms with Crippen molar-refractivity contribution < 1.29 is 18.4 Å². The largest absolute Gasteiger partial charge is 0.378 e. The van der Waals surface area contributed by atoms with Gasteiger partial charge in [-0.3, -0.25) is 9.59 Å². The lowest BCUT2D eigenvalue weighted by Gasteiger charge is -2.38. The summed E-state index contributed by atoms with van der Waals surface area (Å²) in [6.45, 7) is 19.2. The predicted octanol–water partition coefficient (Wildman–Crippen LogP) is 12.0. The zero-order chi connectivity index (χ0) is 40.5. The number of hydrogen-bond donors (Lipinski definition) is 3. The van der Waals surface area contributed by atoms with Crippen molar-refractivity contribution in [2.24, 2.45) is 10.8 Å². The summed E-state index contributed by atoms with van der Waals surface area (Å²) in [7, 11) is 0. The molecule has 298 valence electrons. The van der Waals surface area contributed by atoms with E-state index < -0.39 is 5.41 Å². The number of hydrogen-bond acceptors (Lipinski definition) is 4. The first kappa shape index (κ1) is 40.9. The Morgan fingerprint density at radius 3 is 1.68 bits per heavy atom. The van der Waals surface area contributed by atoms with Crippen LogP contribution in [-0.4, -0.2) is 18.4 Å². The van der Waals surface area contributed by atoms with Gasteiger partial charge < -0.3 is 20.9 Å². The van der Waals surface area contributed by atoms with E-state index in [9.17, 15) is 18.4 Å². The second-order valence-electron chi connectivity index (χ2n) is 18.3. The summed E-state index contributed by atoms with van der Waals surface area (Å²) >= 11 is 0. The normalized spacial score (nSPS) is 16.8. The number of fused-ring (bicyclic) bond motifs is 2. The summed E-state index contributed by atoms with van der Waals surface area (Å²) in [6, 6.07) is 17.6. The molecule has 6 rings (SSSR count). The summed E-state index contributed by atoms with van der Waals surface area (Å²) < 4.78 is 27.2. The molecule has 2 aliphatic carbocycles. The molecule has 2 aliphatic rings. The number of amides is 2. The van der Waals surface area contributed by atoms with Crippen molar-refractivity contribution in [1.29, 1.82) is 0 Å². The highest BCUT2D eigenvalue weighted by Crippen LogP contribution is 2.42. The zero-order valence-corrected chi connectivity index (χ0v) is 34.8. The van der Waals surface area contributed by atoms with Gasteiger partial charge in [0.2, 0.25) is 11.8 Å². The van der Waals surface area contributed by atoms with E-state index in [1.54, 1.807) is 24.3 Å². The molecule has 6 nitrogen and oxygen atoms in total. The Balaban J connectivity index is 1.23. The van der Waals surface area contributed by atoms with Gasteiger partial charge >= 0.3 is 0 Å². The minimum absolute atomic E-state index is 0.0547. The van der Waals surface area contributed by atoms with Crippen LogP contribution in [0.4, 0.5) is 31.5 Å². The maximum absolute atomic E-state index is 14.4. The highest BCUT2D eigenvalue weighted by Gasteiger charge is 2.34. The molecule has 0 aliphatic heterocycles. The van der Waals surface area contributed by atoms with Crippen LogP contribution in [-0.2, 0) is 22.4 Å². The fraction of sp³-hybridized carbons (Fsp3) is 0.458. The molecular weight excluding hydrogens is 703 g/mol. The van der Waals surface area contributed by atoms with Crippen LogP contribution in [0.15, 0.2) is 60.7 Å². The number of carbonyl (C=O) groups excluding carboxylic acids is 2. The minimum Gasteiger partial charge on any atom is -0.378 e. The van der Waals surface area contributed by atoms with Gasteiger partial charge in [0.25, 0.3) is 0 Å². The number of nitrogens with one attached hydrogen (secondary N) is 3. The summed E-state index contributed by atoms with van der Waals surface area (Å²) in [4.78, 5) is 30.3. The van der Waals surface area contributed by atoms with Crippen LogP contribution < -0.4 is 20.9 Å². The maximum Gasteiger partial charge on any atom is 0.227 e. The number of halogens is 2. The van der Waals surface area contributed by atoms with Crippen molar-refractivity contribution >= 4 is 34.6 Å². The van der Waals surface area contributed by atoms with Crippen LogP contribution >= 0.6 is 0 Å². The van der Waals surface area contributed by atoms with Crippen LogP contribution in [0.2, 0.25) is 0 Å². The minimum atomic E-state index is -0.542. The van der Waals surface area contributed by atoms with E-state index in [2.05, 4.69) is 83.5 Å². The average Bonchev–Trinajstić information content (AvgIpc) is 3.11. The maximum atomic E-state index is 14.4. The third-order valence-electron chi connectivity index (χ3n) is 11.5. The second kappa shape index (κ2) is 16.4. The first-order chi connectivity index (χ1) is 26.4. The first-order valence-electron chi connectivity index (χ1n) is 20.3. The van der Waals surface area contributed by atoms with Crippen molar-refractivity contribution in [2.75, 3.05) is 27.4 Å². The number of benzene rings is 4. The predicted molar refractivity (Wildman–Crippen MR) is 227 cm³/mol. The van der Waals surface area contributed by atoms with Crippen LogP contribution in [0.3, 0.4) is 0 Å². The Hall–Kier alpha value is -4.72. The van der Waals surface area contributed by atoms with E-state index in [1.807, 2.05) is 11.8 Å². The summed E-state index contributed by atoms with van der Waals surface area (Å²) in [5.41, 5.74) is 12.0. The van der Waals surface area contributed by atoms with Gasteiger partial charge in [0.05, 0.1) is 12.1 Å². The van der Waals surface area contributed by atoms with Crippen molar-refractivity contribution in [3.8, 4) is 0 Å². The van der Waals surface area contributed by atoms with Gasteiger partial charge in [-0.25, -0.2) is 8.78 Å².